The Balaban J connectivity index is 1.52. The van der Waals surface area contributed by atoms with Crippen LogP contribution in [-0.4, -0.2) is 48.0 Å². The van der Waals surface area contributed by atoms with Gasteiger partial charge in [0.1, 0.15) is 10.8 Å². The van der Waals surface area contributed by atoms with Crippen molar-refractivity contribution < 1.29 is 9.53 Å². The van der Waals surface area contributed by atoms with E-state index < -0.39 is 11.3 Å². The van der Waals surface area contributed by atoms with E-state index in [1.807, 2.05) is 36.1 Å². The summed E-state index contributed by atoms with van der Waals surface area (Å²) in [6.45, 7) is 4.08. The fourth-order valence-corrected chi connectivity index (χ4v) is 4.98. The molecule has 0 aliphatic carbocycles. The summed E-state index contributed by atoms with van der Waals surface area (Å²) in [6, 6.07) is 11.9. The minimum Gasteiger partial charge on any atom is -0.495 e. The van der Waals surface area contributed by atoms with E-state index in [0.717, 1.165) is 42.2 Å². The lowest BCUT2D eigenvalue weighted by atomic mass is 9.84. The number of carbonyl (C=O) groups is 1. The lowest BCUT2D eigenvalue weighted by molar-refractivity contribution is -0.122. The molecule has 8 nitrogen and oxygen atoms in total. The Kier molecular flexibility index (Phi) is 5.58. The number of hydrogen-bond acceptors (Lipinski definition) is 7. The third-order valence-corrected chi connectivity index (χ3v) is 7.03. The van der Waals surface area contributed by atoms with Crippen LogP contribution in [0.5, 0.6) is 5.75 Å². The second-order valence-corrected chi connectivity index (χ2v) is 9.51. The van der Waals surface area contributed by atoms with Gasteiger partial charge in [-0.1, -0.05) is 29.8 Å². The molecule has 1 aromatic heterocycles. The number of methoxy groups -OCH3 is 1. The van der Waals surface area contributed by atoms with Crippen molar-refractivity contribution in [3.05, 3.63) is 64.3 Å². The minimum atomic E-state index is -0.855. The highest BCUT2D eigenvalue weighted by Gasteiger charge is 2.44. The van der Waals surface area contributed by atoms with Gasteiger partial charge in [-0.3, -0.25) is 4.79 Å². The van der Waals surface area contributed by atoms with Crippen LogP contribution in [0.15, 0.2) is 42.6 Å². The number of nitrogens with two attached hydrogens (primary N) is 1. The first-order valence-corrected chi connectivity index (χ1v) is 11.5. The Morgan fingerprint density at radius 2 is 2.06 bits per heavy atom. The molecule has 0 fully saturated rings. The number of fused-ring (bicyclic) bond motifs is 2. The number of para-hydroxylation sites is 1. The summed E-state index contributed by atoms with van der Waals surface area (Å²) in [5.41, 5.74) is 9.97. The summed E-state index contributed by atoms with van der Waals surface area (Å²) in [4.78, 5) is 25.7. The molecule has 0 saturated heterocycles. The van der Waals surface area contributed by atoms with E-state index in [2.05, 4.69) is 34.4 Å². The molecule has 3 heterocycles. The molecule has 0 radical (unpaired) electrons. The van der Waals surface area contributed by atoms with E-state index in [1.165, 1.54) is 11.1 Å². The maximum absolute atomic E-state index is 12.4. The topological polar surface area (TPSA) is 96.6 Å². The minimum absolute atomic E-state index is 0.340. The molecule has 1 unspecified atom stereocenters. The van der Waals surface area contributed by atoms with Crippen molar-refractivity contribution in [3.8, 4) is 5.75 Å². The van der Waals surface area contributed by atoms with E-state index in [1.54, 1.807) is 13.3 Å². The number of ether oxygens (including phenoxy) is 1. The standard InChI is InChI=1S/C25H27ClN6O2/c1-25(23(27)33)14-32(20-7-5-4-6-17(20)25)22-18(26)12-28-24(30-22)29-19-10-16-13-31(2)9-8-15(16)11-21(19)34-3/h4-7,10-12H,8-9,13-14H2,1-3H3,(H2,27,33)(H,28,29,30). The van der Waals surface area contributed by atoms with Gasteiger partial charge in [-0.2, -0.15) is 4.98 Å². The number of nitrogens with zero attached hydrogens (tertiary/aromatic N) is 4. The van der Waals surface area contributed by atoms with Gasteiger partial charge in [0, 0.05) is 25.3 Å². The van der Waals surface area contributed by atoms with Crippen molar-refractivity contribution in [3.63, 3.8) is 0 Å². The van der Waals surface area contributed by atoms with Crippen molar-refractivity contribution in [2.75, 3.05) is 37.5 Å². The number of halogens is 1. The summed E-state index contributed by atoms with van der Waals surface area (Å²) < 4.78 is 5.64. The summed E-state index contributed by atoms with van der Waals surface area (Å²) in [5, 5.41) is 3.69. The predicted octanol–water partition coefficient (Wildman–Crippen LogP) is 3.76. The van der Waals surface area contributed by atoms with Gasteiger partial charge in [-0.25, -0.2) is 4.98 Å². The van der Waals surface area contributed by atoms with Gasteiger partial charge < -0.3 is 25.6 Å². The highest BCUT2D eigenvalue weighted by molar-refractivity contribution is 6.33. The molecule has 2 aromatic carbocycles. The molecule has 34 heavy (non-hydrogen) atoms. The highest BCUT2D eigenvalue weighted by Crippen LogP contribution is 2.45. The zero-order valence-electron chi connectivity index (χ0n) is 19.4. The largest absolute Gasteiger partial charge is 0.495 e. The van der Waals surface area contributed by atoms with Gasteiger partial charge in [0.25, 0.3) is 0 Å². The SMILES string of the molecule is COc1cc2c(cc1Nc1ncc(Cl)c(N3CC(C)(C(N)=O)c4ccccc43)n1)CN(C)CC2. The van der Waals surface area contributed by atoms with Crippen LogP contribution in [0.25, 0.3) is 0 Å². The zero-order chi connectivity index (χ0) is 24.0. The molecule has 1 atom stereocenters. The molecule has 2 aliphatic rings. The quantitative estimate of drug-likeness (QED) is 0.576. The Morgan fingerprint density at radius 3 is 2.82 bits per heavy atom. The Labute approximate surface area is 203 Å². The van der Waals surface area contributed by atoms with Crippen LogP contribution in [0.1, 0.15) is 23.6 Å². The van der Waals surface area contributed by atoms with Crippen molar-refractivity contribution in [2.45, 2.75) is 25.3 Å². The monoisotopic (exact) mass is 478 g/mol. The number of hydrogen-bond donors (Lipinski definition) is 2. The molecule has 0 saturated carbocycles. The van der Waals surface area contributed by atoms with Gasteiger partial charge >= 0.3 is 0 Å². The molecular weight excluding hydrogens is 452 g/mol. The maximum atomic E-state index is 12.4. The number of amides is 1. The normalized spacial score (nSPS) is 19.5. The van der Waals surface area contributed by atoms with Crippen LogP contribution in [0, 0.1) is 0 Å². The average molecular weight is 479 g/mol. The molecule has 1 amide bonds. The van der Waals surface area contributed by atoms with Gasteiger partial charge in [0.05, 0.1) is 24.4 Å². The van der Waals surface area contributed by atoms with Crippen molar-refractivity contribution >= 4 is 40.6 Å². The summed E-state index contributed by atoms with van der Waals surface area (Å²) in [5.74, 6) is 1.23. The van der Waals surface area contributed by atoms with E-state index >= 15 is 0 Å². The first kappa shape index (κ1) is 22.4. The van der Waals surface area contributed by atoms with Crippen molar-refractivity contribution in [1.82, 2.24) is 14.9 Å². The van der Waals surface area contributed by atoms with Crippen LogP contribution < -0.4 is 20.7 Å². The van der Waals surface area contributed by atoms with Crippen molar-refractivity contribution in [2.24, 2.45) is 5.73 Å². The van der Waals surface area contributed by atoms with E-state index in [-0.39, 0.29) is 0 Å². The smallest absolute Gasteiger partial charge is 0.229 e. The molecule has 9 heteroatoms. The number of anilines is 4. The first-order chi connectivity index (χ1) is 16.3. The number of aromatic nitrogens is 2. The second kappa shape index (κ2) is 8.45. The van der Waals surface area contributed by atoms with E-state index in [9.17, 15) is 4.79 Å². The van der Waals surface area contributed by atoms with Crippen molar-refractivity contribution in [1.29, 1.82) is 0 Å². The van der Waals surface area contributed by atoms with E-state index in [0.29, 0.717) is 23.3 Å². The lowest BCUT2D eigenvalue weighted by Crippen LogP contribution is -2.41. The molecule has 0 spiro atoms. The Bertz CT molecular complexity index is 1280. The predicted molar refractivity (Wildman–Crippen MR) is 133 cm³/mol. The fraction of sp³-hybridized carbons (Fsp3) is 0.320. The van der Waals surface area contributed by atoms with Crippen LogP contribution >= 0.6 is 11.6 Å². The van der Waals surface area contributed by atoms with Crippen LogP contribution in [-0.2, 0) is 23.2 Å². The third kappa shape index (κ3) is 3.73. The number of rotatable bonds is 5. The lowest BCUT2D eigenvalue weighted by Gasteiger charge is -2.26. The molecule has 176 valence electrons. The van der Waals surface area contributed by atoms with Gasteiger partial charge in [0.15, 0.2) is 5.82 Å². The van der Waals surface area contributed by atoms with Crippen LogP contribution in [0.4, 0.5) is 23.1 Å². The van der Waals surface area contributed by atoms with E-state index in [4.69, 9.17) is 27.1 Å². The highest BCUT2D eigenvalue weighted by atomic mass is 35.5. The number of benzene rings is 2. The van der Waals surface area contributed by atoms with Gasteiger partial charge in [-0.15, -0.1) is 0 Å². The second-order valence-electron chi connectivity index (χ2n) is 9.10. The Hall–Kier alpha value is -3.36. The molecule has 5 rings (SSSR count). The number of primary amides is 1. The first-order valence-electron chi connectivity index (χ1n) is 11.1. The molecule has 2 aliphatic heterocycles. The van der Waals surface area contributed by atoms with Gasteiger partial charge in [0.2, 0.25) is 11.9 Å². The molecule has 3 aromatic rings. The molecule has 0 bridgehead atoms. The molecule has 3 N–H and O–H groups in total. The van der Waals surface area contributed by atoms with Gasteiger partial charge in [-0.05, 0) is 55.3 Å². The summed E-state index contributed by atoms with van der Waals surface area (Å²) >= 11 is 6.55. The number of likely N-dealkylation sites (N-methyl/N-ethyl adjacent to an activating group) is 1. The fourth-order valence-electron chi connectivity index (χ4n) is 4.78. The summed E-state index contributed by atoms with van der Waals surface area (Å²) in [6.07, 6.45) is 2.55. The van der Waals surface area contributed by atoms with Crippen LogP contribution in [0.3, 0.4) is 0 Å². The Morgan fingerprint density at radius 1 is 1.26 bits per heavy atom. The zero-order valence-corrected chi connectivity index (χ0v) is 20.2. The number of nitrogens with one attached hydrogen (secondary N) is 1. The third-order valence-electron chi connectivity index (χ3n) is 6.76. The summed E-state index contributed by atoms with van der Waals surface area (Å²) in [7, 11) is 3.77. The van der Waals surface area contributed by atoms with Crippen LogP contribution in [0.2, 0.25) is 5.02 Å². The molecular formula is C25H27ClN6O2. The average Bonchev–Trinajstić information content (AvgIpc) is 3.14. The maximum Gasteiger partial charge on any atom is 0.229 e. The number of carbonyl (C=O) groups excluding carboxylic acids is 1.